The monoisotopic (exact) mass is 1280 g/mol. The number of aliphatic hydroxyl groups excluding tert-OH is 1. The minimum absolute atomic E-state index is 0.105. The topological polar surface area (TPSA) is 237 Å². The molecule has 516 valence electrons. The summed E-state index contributed by atoms with van der Waals surface area (Å²) < 4.78 is 68.0. The van der Waals surface area contributed by atoms with E-state index in [-0.39, 0.29) is 25.7 Å². The zero-order valence-electron chi connectivity index (χ0n) is 56.2. The van der Waals surface area contributed by atoms with Crippen LogP contribution in [0.3, 0.4) is 0 Å². The average molecular weight is 1280 g/mol. The SMILES string of the molecule is CCCCCCCCCCCCCCCC(=O)OC[C@H](COP(=O)(O)OC[C@@H](O)COP(=O)(O)OC[C@@H](COC(=O)CCCCCCCCCC)OC(=O)CCCCCCCCCC)OC(=O)CCCCCCCCCCCCCCCCC(C)CC. The first-order chi connectivity index (χ1) is 42.1. The summed E-state index contributed by atoms with van der Waals surface area (Å²) in [4.78, 5) is 72.3. The first kappa shape index (κ1) is 85.1. The lowest BCUT2D eigenvalue weighted by Gasteiger charge is -2.21. The van der Waals surface area contributed by atoms with Gasteiger partial charge in [-0.25, -0.2) is 9.13 Å². The molecule has 0 amide bonds. The van der Waals surface area contributed by atoms with E-state index in [0.29, 0.717) is 25.7 Å². The Labute approximate surface area is 530 Å². The van der Waals surface area contributed by atoms with Crippen LogP contribution in [0, 0.1) is 5.92 Å². The molecule has 19 heteroatoms. The standard InChI is InChI=1S/C68H132O17P2/c1-6-10-13-16-19-22-23-26-30-33-38-42-47-52-66(71)79-58-64(85-68(73)54-49-44-39-34-31-28-25-24-27-29-32-35-40-45-50-61(5)9-4)60-83-87(76,77)81-56-62(69)55-80-86(74,75)82-59-63(84-67(72)53-48-43-37-21-18-15-12-8-3)57-78-65(70)51-46-41-36-20-17-14-11-7-2/h61-64,69H,6-60H2,1-5H3,(H,74,75)(H,76,77)/t61?,62-,63+,64+/m0/s1. The highest BCUT2D eigenvalue weighted by molar-refractivity contribution is 7.47. The van der Waals surface area contributed by atoms with E-state index in [9.17, 15) is 43.2 Å². The molecule has 0 aromatic carbocycles. The molecule has 0 saturated heterocycles. The normalized spacial score (nSPS) is 14.4. The molecule has 87 heavy (non-hydrogen) atoms. The molecule has 0 spiro atoms. The third-order valence-corrected chi connectivity index (χ3v) is 18.0. The third-order valence-electron chi connectivity index (χ3n) is 16.1. The van der Waals surface area contributed by atoms with Gasteiger partial charge in [0.05, 0.1) is 26.4 Å². The lowest BCUT2D eigenvalue weighted by molar-refractivity contribution is -0.161. The predicted octanol–water partition coefficient (Wildman–Crippen LogP) is 19.4. The average Bonchev–Trinajstić information content (AvgIpc) is 3.52. The second kappa shape index (κ2) is 61.6. The van der Waals surface area contributed by atoms with Crippen LogP contribution in [-0.4, -0.2) is 96.7 Å². The Hall–Kier alpha value is -1.94. The first-order valence-electron chi connectivity index (χ1n) is 35.7. The third kappa shape index (κ3) is 61.3. The molecule has 0 fully saturated rings. The van der Waals surface area contributed by atoms with Crippen LogP contribution in [0.25, 0.3) is 0 Å². The smallest absolute Gasteiger partial charge is 0.462 e. The number of phosphoric ester groups is 2. The second-order valence-electron chi connectivity index (χ2n) is 24.8. The molecule has 0 aliphatic carbocycles. The molecule has 0 aromatic heterocycles. The number of carbonyl (C=O) groups excluding carboxylic acids is 4. The van der Waals surface area contributed by atoms with Crippen LogP contribution in [0.1, 0.15) is 349 Å². The fraction of sp³-hybridized carbons (Fsp3) is 0.941. The number of ether oxygens (including phenoxy) is 4. The van der Waals surface area contributed by atoms with E-state index in [1.807, 2.05) is 0 Å². The van der Waals surface area contributed by atoms with Crippen LogP contribution >= 0.6 is 15.6 Å². The molecule has 0 aromatic rings. The summed E-state index contributed by atoms with van der Waals surface area (Å²) in [7, 11) is -9.89. The van der Waals surface area contributed by atoms with Crippen molar-refractivity contribution in [1.29, 1.82) is 0 Å². The summed E-state index contributed by atoms with van der Waals surface area (Å²) in [5.74, 6) is -1.28. The summed E-state index contributed by atoms with van der Waals surface area (Å²) >= 11 is 0. The van der Waals surface area contributed by atoms with Gasteiger partial charge in [0.2, 0.25) is 0 Å². The number of hydrogen-bond donors (Lipinski definition) is 3. The number of carbonyl (C=O) groups is 4. The van der Waals surface area contributed by atoms with Crippen molar-refractivity contribution in [1.82, 2.24) is 0 Å². The van der Waals surface area contributed by atoms with Gasteiger partial charge in [0, 0.05) is 25.7 Å². The molecule has 0 saturated carbocycles. The molecule has 0 heterocycles. The van der Waals surface area contributed by atoms with Crippen molar-refractivity contribution in [3.63, 3.8) is 0 Å². The Morgan fingerprint density at radius 2 is 0.552 bits per heavy atom. The zero-order chi connectivity index (χ0) is 64.2. The van der Waals surface area contributed by atoms with Crippen molar-refractivity contribution in [2.45, 2.75) is 368 Å². The maximum absolute atomic E-state index is 13.0. The molecule has 0 radical (unpaired) electrons. The lowest BCUT2D eigenvalue weighted by atomic mass is 9.99. The Kier molecular flexibility index (Phi) is 60.2. The first-order valence-corrected chi connectivity index (χ1v) is 38.7. The molecule has 3 unspecified atom stereocenters. The van der Waals surface area contributed by atoms with E-state index in [4.69, 9.17) is 37.0 Å². The summed E-state index contributed by atoms with van der Waals surface area (Å²) in [5.41, 5.74) is 0. The van der Waals surface area contributed by atoms with Crippen molar-refractivity contribution >= 4 is 39.5 Å². The highest BCUT2D eigenvalue weighted by atomic mass is 31.2. The highest BCUT2D eigenvalue weighted by Gasteiger charge is 2.30. The van der Waals surface area contributed by atoms with Crippen molar-refractivity contribution in [3.05, 3.63) is 0 Å². The van der Waals surface area contributed by atoms with Gasteiger partial charge in [-0.2, -0.15) is 0 Å². The van der Waals surface area contributed by atoms with Gasteiger partial charge in [0.25, 0.3) is 0 Å². The van der Waals surface area contributed by atoms with E-state index >= 15 is 0 Å². The van der Waals surface area contributed by atoms with E-state index < -0.39 is 97.5 Å². The largest absolute Gasteiger partial charge is 0.472 e. The summed E-state index contributed by atoms with van der Waals surface area (Å²) in [6, 6.07) is 0. The molecule has 0 aliphatic heterocycles. The van der Waals surface area contributed by atoms with Crippen molar-refractivity contribution in [2.24, 2.45) is 5.92 Å². The van der Waals surface area contributed by atoms with E-state index in [0.717, 1.165) is 109 Å². The minimum atomic E-state index is -4.95. The molecule has 0 rings (SSSR count). The molecule has 6 atom stereocenters. The number of hydrogen-bond acceptors (Lipinski definition) is 15. The fourth-order valence-electron chi connectivity index (χ4n) is 10.3. The van der Waals surface area contributed by atoms with Crippen LogP contribution in [-0.2, 0) is 65.4 Å². The van der Waals surface area contributed by atoms with Crippen LogP contribution < -0.4 is 0 Å². The second-order valence-corrected chi connectivity index (χ2v) is 27.7. The predicted molar refractivity (Wildman–Crippen MR) is 349 cm³/mol. The summed E-state index contributed by atoms with van der Waals surface area (Å²) in [6.07, 6.45) is 47.2. The van der Waals surface area contributed by atoms with Gasteiger partial charge in [0.15, 0.2) is 12.2 Å². The number of aliphatic hydroxyl groups is 1. The maximum Gasteiger partial charge on any atom is 0.472 e. The summed E-state index contributed by atoms with van der Waals surface area (Å²) in [5, 5.41) is 10.5. The van der Waals surface area contributed by atoms with Gasteiger partial charge in [-0.3, -0.25) is 37.3 Å². The fourth-order valence-corrected chi connectivity index (χ4v) is 11.8. The zero-order valence-corrected chi connectivity index (χ0v) is 57.9. The Morgan fingerprint density at radius 1 is 0.322 bits per heavy atom. The van der Waals surface area contributed by atoms with Crippen molar-refractivity contribution in [2.75, 3.05) is 39.6 Å². The quantitative estimate of drug-likeness (QED) is 0.0222. The maximum atomic E-state index is 13.0. The van der Waals surface area contributed by atoms with E-state index in [1.165, 1.54) is 161 Å². The van der Waals surface area contributed by atoms with Gasteiger partial charge in [-0.1, -0.05) is 298 Å². The van der Waals surface area contributed by atoms with Gasteiger partial charge < -0.3 is 33.8 Å². The van der Waals surface area contributed by atoms with Crippen molar-refractivity contribution < 1.29 is 80.2 Å². The minimum Gasteiger partial charge on any atom is -0.462 e. The number of rotatable bonds is 68. The Morgan fingerprint density at radius 3 is 0.816 bits per heavy atom. The molecular formula is C68H132O17P2. The number of unbranched alkanes of at least 4 members (excludes halogenated alkanes) is 39. The van der Waals surface area contributed by atoms with Crippen LogP contribution in [0.5, 0.6) is 0 Å². The molecular weight excluding hydrogens is 1150 g/mol. The molecule has 0 bridgehead atoms. The van der Waals surface area contributed by atoms with Gasteiger partial charge in [0.1, 0.15) is 19.3 Å². The summed E-state index contributed by atoms with van der Waals surface area (Å²) in [6.45, 7) is 7.23. The van der Waals surface area contributed by atoms with Crippen molar-refractivity contribution in [3.8, 4) is 0 Å². The number of esters is 4. The Balaban J connectivity index is 5.18. The van der Waals surface area contributed by atoms with Crippen LogP contribution in [0.2, 0.25) is 0 Å². The molecule has 3 N–H and O–H groups in total. The Bertz CT molecular complexity index is 1690. The van der Waals surface area contributed by atoms with Gasteiger partial charge >= 0.3 is 39.5 Å². The van der Waals surface area contributed by atoms with E-state index in [2.05, 4.69) is 34.6 Å². The van der Waals surface area contributed by atoms with Gasteiger partial charge in [-0.05, 0) is 31.6 Å². The highest BCUT2D eigenvalue weighted by Crippen LogP contribution is 2.45. The molecule has 0 aliphatic rings. The lowest BCUT2D eigenvalue weighted by Crippen LogP contribution is -2.30. The number of phosphoric acid groups is 2. The van der Waals surface area contributed by atoms with Gasteiger partial charge in [-0.15, -0.1) is 0 Å². The van der Waals surface area contributed by atoms with Crippen LogP contribution in [0.4, 0.5) is 0 Å². The van der Waals surface area contributed by atoms with Crippen LogP contribution in [0.15, 0.2) is 0 Å². The van der Waals surface area contributed by atoms with E-state index in [1.54, 1.807) is 0 Å². The molecule has 17 nitrogen and oxygen atoms in total.